The smallest absolute Gasteiger partial charge is 0.323 e. The van der Waals surface area contributed by atoms with Crippen molar-refractivity contribution >= 4 is 5.97 Å². The Kier molecular flexibility index (Phi) is 8.07. The molecule has 4 heteroatoms. The van der Waals surface area contributed by atoms with Crippen LogP contribution in [0.15, 0.2) is 0 Å². The van der Waals surface area contributed by atoms with E-state index in [4.69, 9.17) is 4.74 Å². The van der Waals surface area contributed by atoms with Crippen LogP contribution in [0.1, 0.15) is 46.0 Å². The summed E-state index contributed by atoms with van der Waals surface area (Å²) in [5.41, 5.74) is 0. The molecule has 1 N–H and O–H groups in total. The van der Waals surface area contributed by atoms with Crippen molar-refractivity contribution in [1.29, 1.82) is 0 Å². The SMILES string of the molecule is CCCC(C(=O)OCC)N1CCC(CCNC)CC1. The van der Waals surface area contributed by atoms with Crippen LogP contribution in [0.25, 0.3) is 0 Å². The molecule has 0 aromatic heterocycles. The van der Waals surface area contributed by atoms with E-state index in [1.807, 2.05) is 14.0 Å². The first-order valence-electron chi connectivity index (χ1n) is 7.78. The van der Waals surface area contributed by atoms with Crippen LogP contribution >= 0.6 is 0 Å². The van der Waals surface area contributed by atoms with Crippen molar-refractivity contribution in [2.75, 3.05) is 33.3 Å². The molecule has 1 unspecified atom stereocenters. The van der Waals surface area contributed by atoms with Crippen molar-refractivity contribution in [1.82, 2.24) is 10.2 Å². The van der Waals surface area contributed by atoms with E-state index in [-0.39, 0.29) is 12.0 Å². The first-order chi connectivity index (χ1) is 9.22. The van der Waals surface area contributed by atoms with Crippen molar-refractivity contribution in [2.45, 2.75) is 52.0 Å². The van der Waals surface area contributed by atoms with Crippen molar-refractivity contribution in [3.05, 3.63) is 0 Å². The zero-order valence-electron chi connectivity index (χ0n) is 12.8. The van der Waals surface area contributed by atoms with Gasteiger partial charge in [-0.15, -0.1) is 0 Å². The third kappa shape index (κ3) is 5.49. The number of hydrogen-bond donors (Lipinski definition) is 1. The summed E-state index contributed by atoms with van der Waals surface area (Å²) in [4.78, 5) is 14.3. The summed E-state index contributed by atoms with van der Waals surface area (Å²) in [7, 11) is 2.01. The summed E-state index contributed by atoms with van der Waals surface area (Å²) >= 11 is 0. The first-order valence-corrected chi connectivity index (χ1v) is 7.78. The van der Waals surface area contributed by atoms with Crippen molar-refractivity contribution in [2.24, 2.45) is 5.92 Å². The molecule has 1 rings (SSSR count). The van der Waals surface area contributed by atoms with E-state index in [0.29, 0.717) is 6.61 Å². The van der Waals surface area contributed by atoms with Crippen LogP contribution in [0.3, 0.4) is 0 Å². The molecule has 1 aliphatic heterocycles. The maximum Gasteiger partial charge on any atom is 0.323 e. The molecule has 1 fully saturated rings. The molecule has 4 nitrogen and oxygen atoms in total. The Bertz CT molecular complexity index is 251. The molecule has 0 spiro atoms. The molecule has 0 amide bonds. The summed E-state index contributed by atoms with van der Waals surface area (Å²) in [6.07, 6.45) is 5.62. The number of ether oxygens (including phenoxy) is 1. The normalized spacial score (nSPS) is 19.3. The highest BCUT2D eigenvalue weighted by Gasteiger charge is 2.29. The van der Waals surface area contributed by atoms with Crippen LogP contribution in [0, 0.1) is 5.92 Å². The number of rotatable bonds is 8. The highest BCUT2D eigenvalue weighted by Crippen LogP contribution is 2.23. The van der Waals surface area contributed by atoms with Crippen LogP contribution < -0.4 is 5.32 Å². The lowest BCUT2D eigenvalue weighted by Gasteiger charge is -2.36. The Morgan fingerprint density at radius 3 is 2.58 bits per heavy atom. The summed E-state index contributed by atoms with van der Waals surface area (Å²) in [6, 6.07) is -0.0183. The Balaban J connectivity index is 2.42. The lowest BCUT2D eigenvalue weighted by atomic mass is 9.92. The van der Waals surface area contributed by atoms with E-state index in [1.54, 1.807) is 0 Å². The minimum Gasteiger partial charge on any atom is -0.465 e. The van der Waals surface area contributed by atoms with Crippen molar-refractivity contribution in [3.8, 4) is 0 Å². The topological polar surface area (TPSA) is 41.6 Å². The van der Waals surface area contributed by atoms with Gasteiger partial charge < -0.3 is 10.1 Å². The predicted octanol–water partition coefficient (Wildman–Crippen LogP) is 2.04. The van der Waals surface area contributed by atoms with Crippen LogP contribution in [-0.2, 0) is 9.53 Å². The van der Waals surface area contributed by atoms with Gasteiger partial charge in [-0.3, -0.25) is 9.69 Å². The van der Waals surface area contributed by atoms with Gasteiger partial charge >= 0.3 is 5.97 Å². The second-order valence-corrected chi connectivity index (χ2v) is 5.43. The standard InChI is InChI=1S/C15H30N2O2/c1-4-6-14(15(18)19-5-2)17-11-8-13(9-12-17)7-10-16-3/h13-14,16H,4-12H2,1-3H3. The van der Waals surface area contributed by atoms with E-state index < -0.39 is 0 Å². The predicted molar refractivity (Wildman–Crippen MR) is 78.2 cm³/mol. The van der Waals surface area contributed by atoms with Crippen LogP contribution in [0.4, 0.5) is 0 Å². The third-order valence-electron chi connectivity index (χ3n) is 4.01. The highest BCUT2D eigenvalue weighted by molar-refractivity contribution is 5.75. The highest BCUT2D eigenvalue weighted by atomic mass is 16.5. The number of nitrogens with zero attached hydrogens (tertiary/aromatic N) is 1. The van der Waals surface area contributed by atoms with Gasteiger partial charge in [0.1, 0.15) is 6.04 Å². The lowest BCUT2D eigenvalue weighted by molar-refractivity contribution is -0.150. The van der Waals surface area contributed by atoms with E-state index in [2.05, 4.69) is 17.1 Å². The van der Waals surface area contributed by atoms with E-state index >= 15 is 0 Å². The summed E-state index contributed by atoms with van der Waals surface area (Å²) < 4.78 is 5.21. The van der Waals surface area contributed by atoms with Gasteiger partial charge in [-0.05, 0) is 65.2 Å². The Morgan fingerprint density at radius 2 is 2.05 bits per heavy atom. The molecule has 112 valence electrons. The quantitative estimate of drug-likeness (QED) is 0.685. The third-order valence-corrected chi connectivity index (χ3v) is 4.01. The molecule has 0 aromatic carbocycles. The summed E-state index contributed by atoms with van der Waals surface area (Å²) in [5, 5.41) is 3.22. The Hall–Kier alpha value is -0.610. The van der Waals surface area contributed by atoms with E-state index in [1.165, 1.54) is 19.3 Å². The molecule has 0 aromatic rings. The lowest BCUT2D eigenvalue weighted by Crippen LogP contribution is -2.46. The largest absolute Gasteiger partial charge is 0.465 e. The molecular formula is C15H30N2O2. The number of esters is 1. The molecular weight excluding hydrogens is 240 g/mol. The molecule has 19 heavy (non-hydrogen) atoms. The Morgan fingerprint density at radius 1 is 1.37 bits per heavy atom. The molecule has 0 bridgehead atoms. The summed E-state index contributed by atoms with van der Waals surface area (Å²) in [6.45, 7) is 7.67. The van der Waals surface area contributed by atoms with Crippen molar-refractivity contribution < 1.29 is 9.53 Å². The van der Waals surface area contributed by atoms with Crippen LogP contribution in [0.5, 0.6) is 0 Å². The first kappa shape index (κ1) is 16.4. The minimum absolute atomic E-state index is 0.0183. The second kappa shape index (κ2) is 9.32. The monoisotopic (exact) mass is 270 g/mol. The fraction of sp³-hybridized carbons (Fsp3) is 0.933. The average Bonchev–Trinajstić information content (AvgIpc) is 2.43. The van der Waals surface area contributed by atoms with Gasteiger partial charge in [-0.25, -0.2) is 0 Å². The number of carbonyl (C=O) groups is 1. The molecule has 1 saturated heterocycles. The number of carbonyl (C=O) groups excluding carboxylic acids is 1. The van der Waals surface area contributed by atoms with Gasteiger partial charge in [0.2, 0.25) is 0 Å². The van der Waals surface area contributed by atoms with Gasteiger partial charge in [0.05, 0.1) is 6.61 Å². The molecule has 1 aliphatic rings. The zero-order chi connectivity index (χ0) is 14.1. The zero-order valence-corrected chi connectivity index (χ0v) is 12.8. The van der Waals surface area contributed by atoms with Crippen LogP contribution in [0.2, 0.25) is 0 Å². The minimum atomic E-state index is -0.0296. The van der Waals surface area contributed by atoms with E-state index in [0.717, 1.165) is 38.4 Å². The number of hydrogen-bond acceptors (Lipinski definition) is 4. The van der Waals surface area contributed by atoms with Gasteiger partial charge in [0.15, 0.2) is 0 Å². The Labute approximate surface area is 117 Å². The van der Waals surface area contributed by atoms with Gasteiger partial charge in [-0.1, -0.05) is 13.3 Å². The van der Waals surface area contributed by atoms with Crippen molar-refractivity contribution in [3.63, 3.8) is 0 Å². The van der Waals surface area contributed by atoms with E-state index in [9.17, 15) is 4.79 Å². The average molecular weight is 270 g/mol. The maximum atomic E-state index is 12.0. The molecule has 1 atom stereocenters. The number of likely N-dealkylation sites (tertiary alicyclic amines) is 1. The molecule has 0 saturated carbocycles. The maximum absolute atomic E-state index is 12.0. The fourth-order valence-electron chi connectivity index (χ4n) is 2.86. The van der Waals surface area contributed by atoms with Gasteiger partial charge in [-0.2, -0.15) is 0 Å². The number of nitrogens with one attached hydrogen (secondary N) is 1. The van der Waals surface area contributed by atoms with Crippen LogP contribution in [-0.4, -0.2) is 50.2 Å². The molecule has 0 radical (unpaired) electrons. The number of piperidine rings is 1. The second-order valence-electron chi connectivity index (χ2n) is 5.43. The summed E-state index contributed by atoms with van der Waals surface area (Å²) in [5.74, 6) is 0.784. The van der Waals surface area contributed by atoms with Gasteiger partial charge in [0.25, 0.3) is 0 Å². The molecule has 1 heterocycles. The molecule has 0 aliphatic carbocycles. The fourth-order valence-corrected chi connectivity index (χ4v) is 2.86. The van der Waals surface area contributed by atoms with Gasteiger partial charge in [0, 0.05) is 0 Å².